The number of aromatic nitrogens is 2. The summed E-state index contributed by atoms with van der Waals surface area (Å²) in [6, 6.07) is 7.68. The van der Waals surface area contributed by atoms with Crippen LogP contribution in [0.3, 0.4) is 0 Å². The van der Waals surface area contributed by atoms with Gasteiger partial charge >= 0.3 is 0 Å². The van der Waals surface area contributed by atoms with Crippen molar-refractivity contribution >= 4 is 0 Å². The highest BCUT2D eigenvalue weighted by molar-refractivity contribution is 5.65. The van der Waals surface area contributed by atoms with Crippen LogP contribution in [0.1, 0.15) is 51.3 Å². The Bertz CT molecular complexity index is 1050. The van der Waals surface area contributed by atoms with Crippen LogP contribution in [-0.2, 0) is 19.4 Å². The van der Waals surface area contributed by atoms with Crippen LogP contribution in [0.25, 0.3) is 11.4 Å². The molecule has 0 saturated carbocycles. The first kappa shape index (κ1) is 23.6. The summed E-state index contributed by atoms with van der Waals surface area (Å²) in [5, 5.41) is 3.01. The van der Waals surface area contributed by atoms with Gasteiger partial charge in [-0.25, -0.2) is 4.98 Å². The summed E-state index contributed by atoms with van der Waals surface area (Å²) in [6.07, 6.45) is 10.4. The monoisotopic (exact) mass is 435 g/mol. The predicted octanol–water partition coefficient (Wildman–Crippen LogP) is 5.48. The Balaban J connectivity index is 2.16. The highest BCUT2D eigenvalue weighted by Gasteiger charge is 2.21. The molecule has 2 aromatic rings. The molecule has 0 N–H and O–H groups in total. The van der Waals surface area contributed by atoms with Gasteiger partial charge < -0.3 is 4.74 Å². The van der Waals surface area contributed by atoms with Crippen molar-refractivity contribution in [3.8, 4) is 17.1 Å². The van der Waals surface area contributed by atoms with E-state index in [-0.39, 0.29) is 12.1 Å². The van der Waals surface area contributed by atoms with E-state index in [0.717, 1.165) is 24.8 Å². The number of hydrogen-bond acceptors (Lipinski definition) is 5. The van der Waals surface area contributed by atoms with Crippen molar-refractivity contribution in [3.63, 3.8) is 0 Å². The number of ether oxygens (including phenoxy) is 1. The Morgan fingerprint density at radius 3 is 2.69 bits per heavy atom. The van der Waals surface area contributed by atoms with Crippen LogP contribution in [0, 0.1) is 10.8 Å². The van der Waals surface area contributed by atoms with Gasteiger partial charge in [-0.3, -0.25) is 9.36 Å². The molecule has 1 aromatic heterocycles. The van der Waals surface area contributed by atoms with Crippen molar-refractivity contribution < 1.29 is 4.74 Å². The van der Waals surface area contributed by atoms with Gasteiger partial charge in [0.25, 0.3) is 5.56 Å². The number of hydrogen-bond donors (Lipinski definition) is 0. The summed E-state index contributed by atoms with van der Waals surface area (Å²) in [5.74, 6) is 1.59. The zero-order valence-electron chi connectivity index (χ0n) is 19.3. The normalized spacial score (nSPS) is 13.3. The Morgan fingerprint density at radius 1 is 1.19 bits per heavy atom. The first-order valence-electron chi connectivity index (χ1n) is 11.5. The lowest BCUT2D eigenvalue weighted by Crippen LogP contribution is -2.30. The number of nitroso groups, excluding NO2 is 1. The molecular formula is C26H33N3O3. The van der Waals surface area contributed by atoms with Crippen molar-refractivity contribution in [1.29, 1.82) is 0 Å². The van der Waals surface area contributed by atoms with Gasteiger partial charge in [0.15, 0.2) is 0 Å². The summed E-state index contributed by atoms with van der Waals surface area (Å²) in [7, 11) is 0. The predicted molar refractivity (Wildman–Crippen MR) is 129 cm³/mol. The molecule has 0 amide bonds. The molecule has 0 unspecified atom stereocenters. The standard InChI is InChI=1S/C26H33N3O3/c1-4-32-24-13-9-8-12-21(24)25-28-23(14-16-27-31)22(18-19(2)3)26(30)29(25)17-15-20-10-6-5-7-11-20/h6,8-13,19H,4-5,7,14-18H2,1-3H3. The first-order chi connectivity index (χ1) is 15.5. The van der Waals surface area contributed by atoms with E-state index in [0.29, 0.717) is 54.7 Å². The van der Waals surface area contributed by atoms with Gasteiger partial charge in [-0.2, -0.15) is 4.91 Å². The van der Waals surface area contributed by atoms with Crippen molar-refractivity contribution in [2.45, 2.75) is 59.4 Å². The lowest BCUT2D eigenvalue weighted by molar-refractivity contribution is 0.341. The molecule has 0 bridgehead atoms. The number of benzene rings is 1. The Labute approximate surface area is 190 Å². The van der Waals surface area contributed by atoms with Gasteiger partial charge in [0.2, 0.25) is 0 Å². The average molecular weight is 436 g/mol. The molecule has 1 heterocycles. The lowest BCUT2D eigenvalue weighted by atomic mass is 10.00. The molecule has 0 atom stereocenters. The van der Waals surface area contributed by atoms with Gasteiger partial charge in [0, 0.05) is 18.5 Å². The maximum atomic E-state index is 13.8. The number of para-hydroxylation sites is 1. The van der Waals surface area contributed by atoms with Crippen molar-refractivity contribution in [2.75, 3.05) is 13.2 Å². The SMILES string of the molecule is CCOc1ccccc1-c1nc(CCN=O)c(CC(C)C)c(=O)n1CCC1=CCCC=C1. The largest absolute Gasteiger partial charge is 0.493 e. The molecule has 0 aliphatic heterocycles. The van der Waals surface area contributed by atoms with E-state index in [1.165, 1.54) is 5.57 Å². The molecule has 0 spiro atoms. The van der Waals surface area contributed by atoms with Gasteiger partial charge in [-0.1, -0.05) is 55.0 Å². The van der Waals surface area contributed by atoms with E-state index in [2.05, 4.69) is 37.3 Å². The van der Waals surface area contributed by atoms with Gasteiger partial charge in [0.05, 0.1) is 24.4 Å². The zero-order chi connectivity index (χ0) is 22.9. The Morgan fingerprint density at radius 2 is 2.00 bits per heavy atom. The first-order valence-corrected chi connectivity index (χ1v) is 11.5. The maximum absolute atomic E-state index is 13.8. The van der Waals surface area contributed by atoms with E-state index >= 15 is 0 Å². The molecule has 6 heteroatoms. The molecule has 1 aromatic carbocycles. The second-order valence-corrected chi connectivity index (χ2v) is 8.46. The second-order valence-electron chi connectivity index (χ2n) is 8.46. The summed E-state index contributed by atoms with van der Waals surface area (Å²) < 4.78 is 7.64. The van der Waals surface area contributed by atoms with E-state index in [4.69, 9.17) is 9.72 Å². The fourth-order valence-corrected chi connectivity index (χ4v) is 4.05. The third-order valence-corrected chi connectivity index (χ3v) is 5.52. The fourth-order valence-electron chi connectivity index (χ4n) is 4.05. The summed E-state index contributed by atoms with van der Waals surface area (Å²) in [5.41, 5.74) is 3.35. The minimum Gasteiger partial charge on any atom is -0.493 e. The number of rotatable bonds is 11. The van der Waals surface area contributed by atoms with E-state index in [1.54, 1.807) is 4.57 Å². The summed E-state index contributed by atoms with van der Waals surface area (Å²) in [6.45, 7) is 7.27. The number of allylic oxidation sites excluding steroid dienone is 4. The van der Waals surface area contributed by atoms with Crippen LogP contribution in [0.2, 0.25) is 0 Å². The lowest BCUT2D eigenvalue weighted by Gasteiger charge is -2.20. The van der Waals surface area contributed by atoms with Crippen molar-refractivity contribution in [3.05, 3.63) is 74.6 Å². The third kappa shape index (κ3) is 5.81. The third-order valence-electron chi connectivity index (χ3n) is 5.52. The van der Waals surface area contributed by atoms with Crippen LogP contribution in [0.4, 0.5) is 0 Å². The molecule has 0 saturated heterocycles. The molecule has 0 fully saturated rings. The molecule has 1 aliphatic carbocycles. The fraction of sp³-hybridized carbons (Fsp3) is 0.462. The van der Waals surface area contributed by atoms with Gasteiger partial charge in [-0.05, 0) is 50.7 Å². The second kappa shape index (κ2) is 11.6. The minimum absolute atomic E-state index is 0.0312. The molecule has 170 valence electrons. The highest BCUT2D eigenvalue weighted by Crippen LogP contribution is 2.29. The van der Waals surface area contributed by atoms with Crippen LogP contribution in [0.15, 0.2) is 58.0 Å². The van der Waals surface area contributed by atoms with Gasteiger partial charge in [0.1, 0.15) is 11.6 Å². The molecular weight excluding hydrogens is 402 g/mol. The Hall–Kier alpha value is -3.02. The quantitative estimate of drug-likeness (QED) is 0.438. The van der Waals surface area contributed by atoms with Crippen LogP contribution < -0.4 is 10.3 Å². The topological polar surface area (TPSA) is 73.6 Å². The van der Waals surface area contributed by atoms with E-state index in [1.807, 2.05) is 31.2 Å². The van der Waals surface area contributed by atoms with Gasteiger partial charge in [-0.15, -0.1) is 0 Å². The van der Waals surface area contributed by atoms with Crippen LogP contribution in [0.5, 0.6) is 5.75 Å². The van der Waals surface area contributed by atoms with Crippen LogP contribution in [-0.4, -0.2) is 22.7 Å². The summed E-state index contributed by atoms with van der Waals surface area (Å²) >= 11 is 0. The van der Waals surface area contributed by atoms with E-state index < -0.39 is 0 Å². The molecule has 32 heavy (non-hydrogen) atoms. The van der Waals surface area contributed by atoms with E-state index in [9.17, 15) is 9.70 Å². The molecule has 1 aliphatic rings. The smallest absolute Gasteiger partial charge is 0.257 e. The zero-order valence-corrected chi connectivity index (χ0v) is 19.3. The van der Waals surface area contributed by atoms with Crippen LogP contribution >= 0.6 is 0 Å². The highest BCUT2D eigenvalue weighted by atomic mass is 16.5. The summed E-state index contributed by atoms with van der Waals surface area (Å²) in [4.78, 5) is 29.5. The number of nitrogens with zero attached hydrogens (tertiary/aromatic N) is 3. The average Bonchev–Trinajstić information content (AvgIpc) is 2.80. The van der Waals surface area contributed by atoms with Crippen molar-refractivity contribution in [1.82, 2.24) is 9.55 Å². The maximum Gasteiger partial charge on any atom is 0.257 e. The molecule has 6 nitrogen and oxygen atoms in total. The van der Waals surface area contributed by atoms with Crippen molar-refractivity contribution in [2.24, 2.45) is 11.1 Å². The molecule has 3 rings (SSSR count). The molecule has 0 radical (unpaired) electrons. The Kier molecular flexibility index (Phi) is 8.54. The minimum atomic E-state index is -0.0312.